The van der Waals surface area contributed by atoms with E-state index in [2.05, 4.69) is 15.8 Å². The predicted octanol–water partition coefficient (Wildman–Crippen LogP) is 3.81. The molecule has 8 heteroatoms. The molecule has 0 spiro atoms. The Bertz CT molecular complexity index is 1100. The lowest BCUT2D eigenvalue weighted by Gasteiger charge is -2.15. The van der Waals surface area contributed by atoms with E-state index < -0.39 is 24.0 Å². The number of carbonyl (C=O) groups excluding carboxylic acids is 3. The van der Waals surface area contributed by atoms with Crippen LogP contribution < -0.4 is 10.6 Å². The molecule has 8 nitrogen and oxygen atoms in total. The normalized spacial score (nSPS) is 14.9. The van der Waals surface area contributed by atoms with E-state index in [4.69, 9.17) is 9.26 Å². The number of fused-ring (bicyclic) bond motifs is 1. The van der Waals surface area contributed by atoms with Crippen LogP contribution in [0.2, 0.25) is 0 Å². The Hall–Kier alpha value is -3.68. The summed E-state index contributed by atoms with van der Waals surface area (Å²) in [5.41, 5.74) is 1.68. The number of hydrogen-bond acceptors (Lipinski definition) is 6. The van der Waals surface area contributed by atoms with Gasteiger partial charge in [-0.25, -0.2) is 9.59 Å². The molecule has 0 bridgehead atoms. The molecule has 0 aliphatic heterocycles. The molecule has 1 fully saturated rings. The monoisotopic (exact) mass is 421 g/mol. The molecule has 0 radical (unpaired) electrons. The number of aromatic nitrogens is 1. The molecule has 1 saturated carbocycles. The number of rotatable bonds is 5. The highest BCUT2D eigenvalue weighted by Crippen LogP contribution is 2.29. The van der Waals surface area contributed by atoms with E-state index in [-0.39, 0.29) is 11.6 Å². The molecule has 1 unspecified atom stereocenters. The van der Waals surface area contributed by atoms with E-state index in [0.717, 1.165) is 31.2 Å². The maximum absolute atomic E-state index is 12.6. The van der Waals surface area contributed by atoms with Gasteiger partial charge in [0.25, 0.3) is 5.91 Å². The van der Waals surface area contributed by atoms with Crippen molar-refractivity contribution in [1.29, 1.82) is 0 Å². The molecule has 160 valence electrons. The van der Waals surface area contributed by atoms with Crippen LogP contribution in [-0.2, 0) is 9.53 Å². The van der Waals surface area contributed by atoms with Gasteiger partial charge in [0.05, 0.1) is 10.9 Å². The van der Waals surface area contributed by atoms with Crippen molar-refractivity contribution < 1.29 is 23.6 Å². The standard InChI is InChI=1S/C23H23N3O5/c1-14(21(27)25-23(29)24-17-9-5-6-10-17)30-22(28)16-11-12-19-18(13-16)20(31-26-19)15-7-3-2-4-8-15/h2-4,7-8,11-14,17H,5-6,9-10H2,1H3,(H2,24,25,27,29). The van der Waals surface area contributed by atoms with Crippen LogP contribution in [0.4, 0.5) is 4.79 Å². The summed E-state index contributed by atoms with van der Waals surface area (Å²) in [5.74, 6) is -0.819. The molecule has 1 atom stereocenters. The van der Waals surface area contributed by atoms with E-state index in [0.29, 0.717) is 16.7 Å². The van der Waals surface area contributed by atoms with Crippen molar-refractivity contribution in [2.45, 2.75) is 44.8 Å². The van der Waals surface area contributed by atoms with Crippen molar-refractivity contribution in [2.75, 3.05) is 0 Å². The average molecular weight is 421 g/mol. The lowest BCUT2D eigenvalue weighted by Crippen LogP contribution is -2.47. The summed E-state index contributed by atoms with van der Waals surface area (Å²) >= 11 is 0. The third kappa shape index (κ3) is 4.74. The zero-order chi connectivity index (χ0) is 21.8. The molecule has 1 aliphatic carbocycles. The van der Waals surface area contributed by atoms with Crippen LogP contribution >= 0.6 is 0 Å². The number of amides is 3. The predicted molar refractivity (Wildman–Crippen MR) is 113 cm³/mol. The lowest BCUT2D eigenvalue weighted by atomic mass is 10.1. The number of esters is 1. The molecule has 1 aromatic heterocycles. The number of ether oxygens (including phenoxy) is 1. The van der Waals surface area contributed by atoms with Gasteiger partial charge in [0.1, 0.15) is 5.52 Å². The number of imide groups is 1. The second kappa shape index (κ2) is 8.99. The summed E-state index contributed by atoms with van der Waals surface area (Å²) in [6, 6.07) is 13.8. The highest BCUT2D eigenvalue weighted by atomic mass is 16.5. The van der Waals surface area contributed by atoms with Crippen molar-refractivity contribution in [3.8, 4) is 11.3 Å². The van der Waals surface area contributed by atoms with Crippen LogP contribution in [0.3, 0.4) is 0 Å². The Balaban J connectivity index is 1.41. The molecule has 1 aliphatic rings. The molecule has 4 rings (SSSR count). The fourth-order valence-electron chi connectivity index (χ4n) is 3.65. The smallest absolute Gasteiger partial charge is 0.338 e. The maximum atomic E-state index is 12.6. The van der Waals surface area contributed by atoms with E-state index in [1.54, 1.807) is 18.2 Å². The molecule has 3 aromatic rings. The van der Waals surface area contributed by atoms with Gasteiger partial charge < -0.3 is 14.6 Å². The van der Waals surface area contributed by atoms with Crippen molar-refractivity contribution in [3.05, 3.63) is 54.1 Å². The van der Waals surface area contributed by atoms with Crippen LogP contribution in [-0.4, -0.2) is 35.2 Å². The Kier molecular flexibility index (Phi) is 5.97. The Labute approximate surface area is 178 Å². The quantitative estimate of drug-likeness (QED) is 0.606. The van der Waals surface area contributed by atoms with Crippen molar-refractivity contribution >= 4 is 28.8 Å². The summed E-state index contributed by atoms with van der Waals surface area (Å²) in [6.07, 6.45) is 2.81. The molecule has 1 heterocycles. The highest BCUT2D eigenvalue weighted by molar-refractivity contribution is 6.01. The van der Waals surface area contributed by atoms with Crippen LogP contribution in [0, 0.1) is 0 Å². The molecule has 2 aromatic carbocycles. The van der Waals surface area contributed by atoms with Gasteiger partial charge in [0.15, 0.2) is 11.9 Å². The first-order valence-electron chi connectivity index (χ1n) is 10.3. The van der Waals surface area contributed by atoms with Gasteiger partial charge in [-0.1, -0.05) is 48.3 Å². The Morgan fingerprint density at radius 1 is 1.10 bits per heavy atom. The lowest BCUT2D eigenvalue weighted by molar-refractivity contribution is -0.127. The molecule has 3 amide bonds. The SMILES string of the molecule is CC(OC(=O)c1ccc2noc(-c3ccccc3)c2c1)C(=O)NC(=O)NC1CCCC1. The number of urea groups is 1. The summed E-state index contributed by atoms with van der Waals surface area (Å²) in [5, 5.41) is 9.67. The van der Waals surface area contributed by atoms with Crippen molar-refractivity contribution in [3.63, 3.8) is 0 Å². The van der Waals surface area contributed by atoms with Crippen LogP contribution in [0.25, 0.3) is 22.2 Å². The molecule has 2 N–H and O–H groups in total. The number of carbonyl (C=O) groups is 3. The van der Waals surface area contributed by atoms with Gasteiger partial charge in [-0.05, 0) is 38.0 Å². The van der Waals surface area contributed by atoms with E-state index >= 15 is 0 Å². The third-order valence-corrected chi connectivity index (χ3v) is 5.33. The number of nitrogens with zero attached hydrogens (tertiary/aromatic N) is 1. The second-order valence-electron chi connectivity index (χ2n) is 7.60. The summed E-state index contributed by atoms with van der Waals surface area (Å²) < 4.78 is 10.7. The Morgan fingerprint density at radius 3 is 2.58 bits per heavy atom. The van der Waals surface area contributed by atoms with Gasteiger partial charge in [-0.2, -0.15) is 0 Å². The van der Waals surface area contributed by atoms with Crippen LogP contribution in [0.15, 0.2) is 53.1 Å². The first kappa shape index (κ1) is 20.6. The fourth-order valence-corrected chi connectivity index (χ4v) is 3.65. The number of benzene rings is 2. The second-order valence-corrected chi connectivity index (χ2v) is 7.60. The highest BCUT2D eigenvalue weighted by Gasteiger charge is 2.23. The zero-order valence-corrected chi connectivity index (χ0v) is 17.1. The first-order valence-corrected chi connectivity index (χ1v) is 10.3. The Morgan fingerprint density at radius 2 is 1.84 bits per heavy atom. The minimum atomic E-state index is -1.13. The van der Waals surface area contributed by atoms with Crippen molar-refractivity contribution in [1.82, 2.24) is 15.8 Å². The molecular formula is C23H23N3O5. The van der Waals surface area contributed by atoms with E-state index in [9.17, 15) is 14.4 Å². The third-order valence-electron chi connectivity index (χ3n) is 5.33. The topological polar surface area (TPSA) is 111 Å². The van der Waals surface area contributed by atoms with E-state index in [1.807, 2.05) is 30.3 Å². The van der Waals surface area contributed by atoms with Gasteiger partial charge in [-0.15, -0.1) is 0 Å². The van der Waals surface area contributed by atoms with Gasteiger partial charge >= 0.3 is 12.0 Å². The molecular weight excluding hydrogens is 398 g/mol. The first-order chi connectivity index (χ1) is 15.0. The zero-order valence-electron chi connectivity index (χ0n) is 17.1. The number of hydrogen-bond donors (Lipinski definition) is 2. The summed E-state index contributed by atoms with van der Waals surface area (Å²) in [7, 11) is 0. The minimum absolute atomic E-state index is 0.0831. The van der Waals surface area contributed by atoms with Gasteiger partial charge in [0, 0.05) is 11.6 Å². The van der Waals surface area contributed by atoms with Gasteiger partial charge in [-0.3, -0.25) is 10.1 Å². The molecule has 0 saturated heterocycles. The minimum Gasteiger partial charge on any atom is -0.449 e. The number of nitrogens with one attached hydrogen (secondary N) is 2. The van der Waals surface area contributed by atoms with Crippen molar-refractivity contribution in [2.24, 2.45) is 0 Å². The largest absolute Gasteiger partial charge is 0.449 e. The summed E-state index contributed by atoms with van der Waals surface area (Å²) in [4.78, 5) is 36.8. The average Bonchev–Trinajstić information content (AvgIpc) is 3.43. The molecule has 31 heavy (non-hydrogen) atoms. The maximum Gasteiger partial charge on any atom is 0.338 e. The summed E-state index contributed by atoms with van der Waals surface area (Å²) in [6.45, 7) is 1.42. The van der Waals surface area contributed by atoms with Crippen LogP contribution in [0.1, 0.15) is 43.0 Å². The fraction of sp³-hybridized carbons (Fsp3) is 0.304. The van der Waals surface area contributed by atoms with Gasteiger partial charge in [0.2, 0.25) is 0 Å². The van der Waals surface area contributed by atoms with E-state index in [1.165, 1.54) is 6.92 Å². The van der Waals surface area contributed by atoms with Crippen LogP contribution in [0.5, 0.6) is 0 Å².